The molecule has 0 atom stereocenters. The van der Waals surface area contributed by atoms with Crippen LogP contribution in [-0.2, 0) is 19.4 Å². The summed E-state index contributed by atoms with van der Waals surface area (Å²) < 4.78 is 7.29. The van der Waals surface area contributed by atoms with E-state index < -0.39 is 0 Å². The second-order valence-electron chi connectivity index (χ2n) is 6.64. The Morgan fingerprint density at radius 2 is 2.19 bits per heavy atom. The number of hydrogen-bond donors (Lipinski definition) is 1. The molecule has 26 heavy (non-hydrogen) atoms. The topological polar surface area (TPSA) is 73.0 Å². The number of hydrogen-bond acceptors (Lipinski definition) is 5. The van der Waals surface area contributed by atoms with Crippen LogP contribution in [0.15, 0.2) is 22.0 Å². The Kier molecular flexibility index (Phi) is 4.63. The molecule has 3 aromatic heterocycles. The van der Waals surface area contributed by atoms with Crippen molar-refractivity contribution in [1.82, 2.24) is 20.3 Å². The van der Waals surface area contributed by atoms with Gasteiger partial charge in [-0.05, 0) is 44.6 Å². The van der Waals surface area contributed by atoms with Gasteiger partial charge in [-0.1, -0.05) is 11.2 Å². The molecule has 0 aromatic carbocycles. The second-order valence-corrected chi connectivity index (χ2v) is 7.59. The van der Waals surface area contributed by atoms with Crippen LogP contribution in [0, 0.1) is 13.8 Å². The summed E-state index contributed by atoms with van der Waals surface area (Å²) in [5.74, 6) is 0.720. The van der Waals surface area contributed by atoms with Gasteiger partial charge in [-0.25, -0.2) is 0 Å². The Morgan fingerprint density at radius 3 is 3.00 bits per heavy atom. The maximum atomic E-state index is 12.5. The molecular formula is C19H22N4O2S. The van der Waals surface area contributed by atoms with Crippen LogP contribution in [0.4, 0.5) is 0 Å². The summed E-state index contributed by atoms with van der Waals surface area (Å²) >= 11 is 1.72. The third-order valence-electron chi connectivity index (χ3n) is 4.92. The third-order valence-corrected chi connectivity index (χ3v) is 5.81. The summed E-state index contributed by atoms with van der Waals surface area (Å²) in [6, 6.07) is 4.16. The third kappa shape index (κ3) is 3.07. The molecule has 0 saturated carbocycles. The maximum Gasteiger partial charge on any atom is 0.273 e. The molecule has 0 bridgehead atoms. The Bertz CT molecular complexity index is 924. The molecule has 1 aliphatic carbocycles. The van der Waals surface area contributed by atoms with Gasteiger partial charge in [-0.3, -0.25) is 9.48 Å². The van der Waals surface area contributed by atoms with E-state index in [1.54, 1.807) is 11.3 Å². The van der Waals surface area contributed by atoms with E-state index in [4.69, 9.17) is 4.52 Å². The van der Waals surface area contributed by atoms with Gasteiger partial charge in [-0.15, -0.1) is 11.3 Å². The maximum absolute atomic E-state index is 12.5. The van der Waals surface area contributed by atoms with Crippen LogP contribution in [0.2, 0.25) is 0 Å². The molecule has 0 spiro atoms. The number of carbonyl (C=O) groups is 1. The fraction of sp³-hybridized carbons (Fsp3) is 0.421. The molecule has 7 heteroatoms. The largest absolute Gasteiger partial charge is 0.360 e. The van der Waals surface area contributed by atoms with Crippen molar-refractivity contribution in [2.24, 2.45) is 0 Å². The van der Waals surface area contributed by atoms with Gasteiger partial charge in [-0.2, -0.15) is 5.10 Å². The van der Waals surface area contributed by atoms with Crippen molar-refractivity contribution in [2.75, 3.05) is 6.54 Å². The molecular weight excluding hydrogens is 348 g/mol. The number of fused-ring (bicyclic) bond motifs is 1. The lowest BCUT2D eigenvalue weighted by Gasteiger charge is -2.10. The first-order valence-electron chi connectivity index (χ1n) is 8.98. The Balaban J connectivity index is 1.42. The van der Waals surface area contributed by atoms with Crippen LogP contribution in [0.25, 0.3) is 10.4 Å². The summed E-state index contributed by atoms with van der Waals surface area (Å²) in [6.07, 6.45) is 3.95. The van der Waals surface area contributed by atoms with Gasteiger partial charge in [0.2, 0.25) is 0 Å². The summed E-state index contributed by atoms with van der Waals surface area (Å²) in [5.41, 5.74) is 4.77. The number of amides is 1. The van der Waals surface area contributed by atoms with Gasteiger partial charge >= 0.3 is 0 Å². The molecule has 6 nitrogen and oxygen atoms in total. The molecule has 0 saturated heterocycles. The Hall–Kier alpha value is -2.41. The molecule has 4 rings (SSSR count). The molecule has 136 valence electrons. The van der Waals surface area contributed by atoms with Gasteiger partial charge in [0.25, 0.3) is 5.91 Å². The molecule has 0 aliphatic heterocycles. The van der Waals surface area contributed by atoms with E-state index in [-0.39, 0.29) is 5.91 Å². The van der Waals surface area contributed by atoms with Crippen molar-refractivity contribution in [3.8, 4) is 10.4 Å². The van der Waals surface area contributed by atoms with Crippen molar-refractivity contribution in [2.45, 2.75) is 46.1 Å². The zero-order chi connectivity index (χ0) is 18.1. The number of nitrogens with one attached hydrogen (secondary N) is 1. The number of aryl methyl sites for hydroxylation is 2. The fourth-order valence-corrected chi connectivity index (χ4v) is 4.49. The van der Waals surface area contributed by atoms with Crippen LogP contribution >= 0.6 is 11.3 Å². The number of aromatic nitrogens is 3. The summed E-state index contributed by atoms with van der Waals surface area (Å²) in [6.45, 7) is 5.24. The van der Waals surface area contributed by atoms with Crippen LogP contribution in [-0.4, -0.2) is 27.4 Å². The molecule has 3 heterocycles. The van der Waals surface area contributed by atoms with E-state index in [1.165, 1.54) is 10.4 Å². The van der Waals surface area contributed by atoms with Crippen LogP contribution < -0.4 is 5.32 Å². The SMILES string of the molecule is Cc1nn(CCNC(=O)c2noc3c2CCCC3)c(C)c1-c1cccs1. The lowest BCUT2D eigenvalue weighted by Crippen LogP contribution is -2.29. The minimum atomic E-state index is -0.156. The zero-order valence-electron chi connectivity index (χ0n) is 15.0. The van der Waals surface area contributed by atoms with E-state index in [2.05, 4.69) is 40.0 Å². The van der Waals surface area contributed by atoms with Crippen molar-refractivity contribution >= 4 is 17.2 Å². The van der Waals surface area contributed by atoms with Crippen LogP contribution in [0.3, 0.4) is 0 Å². The summed E-state index contributed by atoms with van der Waals surface area (Å²) in [7, 11) is 0. The Morgan fingerprint density at radius 1 is 1.35 bits per heavy atom. The molecule has 1 N–H and O–H groups in total. The van der Waals surface area contributed by atoms with Gasteiger partial charge in [0.1, 0.15) is 5.76 Å². The fourth-order valence-electron chi connectivity index (χ4n) is 3.61. The highest BCUT2D eigenvalue weighted by Gasteiger charge is 2.23. The number of carbonyl (C=O) groups excluding carboxylic acids is 1. The van der Waals surface area contributed by atoms with Gasteiger partial charge in [0.15, 0.2) is 5.69 Å². The molecule has 3 aromatic rings. The highest BCUT2D eigenvalue weighted by atomic mass is 32.1. The smallest absolute Gasteiger partial charge is 0.273 e. The predicted octanol–water partition coefficient (Wildman–Crippen LogP) is 3.53. The van der Waals surface area contributed by atoms with Gasteiger partial charge < -0.3 is 9.84 Å². The average molecular weight is 370 g/mol. The minimum absolute atomic E-state index is 0.156. The van der Waals surface area contributed by atoms with E-state index in [0.29, 0.717) is 18.8 Å². The van der Waals surface area contributed by atoms with Crippen molar-refractivity contribution in [1.29, 1.82) is 0 Å². The standard InChI is InChI=1S/C19H22N4O2S/c1-12-17(16-8-5-11-26-16)13(2)23(21-12)10-9-20-19(24)18-14-6-3-4-7-15(14)25-22-18/h5,8,11H,3-4,6-7,9-10H2,1-2H3,(H,20,24). The summed E-state index contributed by atoms with van der Waals surface area (Å²) in [4.78, 5) is 13.7. The average Bonchev–Trinajstić information content (AvgIpc) is 3.35. The highest BCUT2D eigenvalue weighted by Crippen LogP contribution is 2.30. The minimum Gasteiger partial charge on any atom is -0.360 e. The molecule has 0 fully saturated rings. The molecule has 1 amide bonds. The van der Waals surface area contributed by atoms with E-state index in [9.17, 15) is 4.79 Å². The van der Waals surface area contributed by atoms with E-state index >= 15 is 0 Å². The lowest BCUT2D eigenvalue weighted by molar-refractivity contribution is 0.0942. The molecule has 0 unspecified atom stereocenters. The Labute approximate surface area is 156 Å². The zero-order valence-corrected chi connectivity index (χ0v) is 15.9. The van der Waals surface area contributed by atoms with Crippen LogP contribution in [0.5, 0.6) is 0 Å². The van der Waals surface area contributed by atoms with Crippen molar-refractivity contribution in [3.63, 3.8) is 0 Å². The second kappa shape index (κ2) is 7.07. The monoisotopic (exact) mass is 370 g/mol. The molecule has 1 aliphatic rings. The normalized spacial score (nSPS) is 13.6. The highest BCUT2D eigenvalue weighted by molar-refractivity contribution is 7.13. The quantitative estimate of drug-likeness (QED) is 0.746. The van der Waals surface area contributed by atoms with Gasteiger partial charge in [0.05, 0.1) is 12.2 Å². The van der Waals surface area contributed by atoms with E-state index in [1.807, 2.05) is 11.6 Å². The summed E-state index contributed by atoms with van der Waals surface area (Å²) in [5, 5.41) is 13.6. The lowest BCUT2D eigenvalue weighted by atomic mass is 9.96. The van der Waals surface area contributed by atoms with Crippen LogP contribution in [0.1, 0.15) is 46.0 Å². The number of rotatable bonds is 5. The number of nitrogens with zero attached hydrogens (tertiary/aromatic N) is 3. The van der Waals surface area contributed by atoms with Gasteiger partial charge in [0, 0.05) is 34.7 Å². The predicted molar refractivity (Wildman–Crippen MR) is 100 cm³/mol. The van der Waals surface area contributed by atoms with Crippen molar-refractivity contribution < 1.29 is 9.32 Å². The molecule has 0 radical (unpaired) electrons. The first-order valence-corrected chi connectivity index (χ1v) is 9.86. The first kappa shape index (κ1) is 17.0. The van der Waals surface area contributed by atoms with Crippen molar-refractivity contribution in [3.05, 3.63) is 45.9 Å². The first-order chi connectivity index (χ1) is 12.6. The number of thiophene rings is 1. The van der Waals surface area contributed by atoms with E-state index in [0.717, 1.165) is 48.4 Å².